The smallest absolute Gasteiger partial charge is 0.340 e. The molecule has 1 N–H and O–H groups in total. The van der Waals surface area contributed by atoms with E-state index >= 15 is 0 Å². The van der Waals surface area contributed by atoms with Crippen LogP contribution < -0.4 is 0 Å². The number of carbonyl (C=O) groups is 1. The van der Waals surface area contributed by atoms with Gasteiger partial charge in [-0.2, -0.15) is 5.10 Å². The summed E-state index contributed by atoms with van der Waals surface area (Å²) in [6, 6.07) is 1.82. The van der Waals surface area contributed by atoms with Crippen molar-refractivity contribution in [2.24, 2.45) is 0 Å². The molecule has 0 bridgehead atoms. The highest BCUT2D eigenvalue weighted by atomic mass is 32.2. The number of carboxylic acid groups (broad SMARTS) is 1. The van der Waals surface area contributed by atoms with E-state index in [-0.39, 0.29) is 11.5 Å². The third kappa shape index (κ3) is 3.16. The van der Waals surface area contributed by atoms with Gasteiger partial charge >= 0.3 is 5.97 Å². The second kappa shape index (κ2) is 6.04. The van der Waals surface area contributed by atoms with Crippen molar-refractivity contribution < 1.29 is 9.90 Å². The van der Waals surface area contributed by atoms with Crippen LogP contribution in [0, 0.1) is 6.92 Å². The molecule has 7 heteroatoms. The molecule has 106 valence electrons. The fourth-order valence-electron chi connectivity index (χ4n) is 1.68. The molecule has 2 heterocycles. The highest BCUT2D eigenvalue weighted by Gasteiger charge is 2.19. The maximum Gasteiger partial charge on any atom is 0.340 e. The molecule has 6 nitrogen and oxygen atoms in total. The lowest BCUT2D eigenvalue weighted by Gasteiger charge is -2.11. The van der Waals surface area contributed by atoms with Crippen LogP contribution in [-0.4, -0.2) is 30.8 Å². The molecule has 0 saturated carbocycles. The third-order valence-corrected chi connectivity index (χ3v) is 3.66. The van der Waals surface area contributed by atoms with Crippen LogP contribution in [0.1, 0.15) is 41.6 Å². The molecule has 2 rings (SSSR count). The zero-order valence-electron chi connectivity index (χ0n) is 11.6. The van der Waals surface area contributed by atoms with Gasteiger partial charge in [-0.3, -0.25) is 4.68 Å². The summed E-state index contributed by atoms with van der Waals surface area (Å²) in [6.45, 7) is 5.67. The van der Waals surface area contributed by atoms with Crippen LogP contribution in [0.5, 0.6) is 0 Å². The molecule has 20 heavy (non-hydrogen) atoms. The molecule has 0 spiro atoms. The Kier molecular flexibility index (Phi) is 4.39. The van der Waals surface area contributed by atoms with E-state index in [0.29, 0.717) is 22.4 Å². The van der Waals surface area contributed by atoms with Gasteiger partial charge in [-0.1, -0.05) is 25.6 Å². The molecule has 0 aliphatic carbocycles. The van der Waals surface area contributed by atoms with E-state index in [4.69, 9.17) is 0 Å². The van der Waals surface area contributed by atoms with Gasteiger partial charge in [0.25, 0.3) is 0 Å². The minimum atomic E-state index is -0.999. The predicted molar refractivity (Wildman–Crippen MR) is 75.9 cm³/mol. The molecule has 2 aromatic heterocycles. The van der Waals surface area contributed by atoms with Crippen LogP contribution in [0.15, 0.2) is 23.5 Å². The Morgan fingerprint density at radius 3 is 2.75 bits per heavy atom. The van der Waals surface area contributed by atoms with Gasteiger partial charge in [-0.25, -0.2) is 14.8 Å². The number of thioether (sulfide) groups is 1. The first kappa shape index (κ1) is 14.5. The highest BCUT2D eigenvalue weighted by molar-refractivity contribution is 7.98. The van der Waals surface area contributed by atoms with Crippen LogP contribution in [0.25, 0.3) is 0 Å². The number of aromatic nitrogens is 4. The largest absolute Gasteiger partial charge is 0.478 e. The van der Waals surface area contributed by atoms with E-state index in [2.05, 4.69) is 15.1 Å². The fourth-order valence-corrected chi connectivity index (χ4v) is 2.63. The van der Waals surface area contributed by atoms with E-state index in [1.54, 1.807) is 17.8 Å². The van der Waals surface area contributed by atoms with Crippen molar-refractivity contribution in [1.29, 1.82) is 0 Å². The first-order valence-corrected chi connectivity index (χ1v) is 7.19. The van der Waals surface area contributed by atoms with E-state index in [1.165, 1.54) is 11.8 Å². The molecular weight excluding hydrogens is 276 g/mol. The summed E-state index contributed by atoms with van der Waals surface area (Å²) in [4.78, 5) is 20.0. The molecular formula is C13H16N4O2S. The van der Waals surface area contributed by atoms with Crippen molar-refractivity contribution in [3.8, 4) is 0 Å². The van der Waals surface area contributed by atoms with Gasteiger partial charge < -0.3 is 5.11 Å². The Morgan fingerprint density at radius 2 is 2.20 bits per heavy atom. The minimum Gasteiger partial charge on any atom is -0.478 e. The lowest BCUT2D eigenvalue weighted by molar-refractivity contribution is 0.0690. The summed E-state index contributed by atoms with van der Waals surface area (Å²) < 4.78 is 1.72. The number of hydrogen-bond donors (Lipinski definition) is 1. The lowest BCUT2D eigenvalue weighted by atomic mass is 10.2. The van der Waals surface area contributed by atoms with Crippen LogP contribution in [-0.2, 0) is 5.88 Å². The molecule has 0 atom stereocenters. The Labute approximate surface area is 121 Å². The zero-order valence-corrected chi connectivity index (χ0v) is 12.4. The standard InChI is InChI=1S/C13H16N4O2S/c1-8(2)11-15-9(3)10(13(18)19)12(16-11)20-7-17-6-4-5-14-17/h4-6,8H,7H2,1-3H3,(H,18,19). The van der Waals surface area contributed by atoms with Crippen molar-refractivity contribution in [1.82, 2.24) is 19.7 Å². The molecule has 0 aliphatic heterocycles. The number of rotatable bonds is 5. The second-order valence-electron chi connectivity index (χ2n) is 4.63. The van der Waals surface area contributed by atoms with Crippen molar-refractivity contribution in [2.75, 3.05) is 0 Å². The number of hydrogen-bond acceptors (Lipinski definition) is 5. The summed E-state index contributed by atoms with van der Waals surface area (Å²) in [5.41, 5.74) is 0.672. The summed E-state index contributed by atoms with van der Waals surface area (Å²) in [6.07, 6.45) is 3.51. The maximum atomic E-state index is 11.4. The Bertz CT molecular complexity index is 611. The van der Waals surface area contributed by atoms with E-state index < -0.39 is 5.97 Å². The Morgan fingerprint density at radius 1 is 1.45 bits per heavy atom. The lowest BCUT2D eigenvalue weighted by Crippen LogP contribution is -2.11. The van der Waals surface area contributed by atoms with Crippen LogP contribution in [0.4, 0.5) is 0 Å². The van der Waals surface area contributed by atoms with Gasteiger partial charge in [0.1, 0.15) is 16.4 Å². The van der Waals surface area contributed by atoms with E-state index in [1.807, 2.05) is 26.1 Å². The zero-order chi connectivity index (χ0) is 14.7. The molecule has 2 aromatic rings. The molecule has 0 aliphatic rings. The number of aryl methyl sites for hydroxylation is 1. The quantitative estimate of drug-likeness (QED) is 0.674. The van der Waals surface area contributed by atoms with Crippen molar-refractivity contribution in [3.05, 3.63) is 35.5 Å². The summed E-state index contributed by atoms with van der Waals surface area (Å²) in [7, 11) is 0. The number of carboxylic acids is 1. The summed E-state index contributed by atoms with van der Waals surface area (Å²) >= 11 is 1.35. The molecule has 0 saturated heterocycles. The topological polar surface area (TPSA) is 80.9 Å². The van der Waals surface area contributed by atoms with Gasteiger partial charge in [0.15, 0.2) is 0 Å². The monoisotopic (exact) mass is 292 g/mol. The maximum absolute atomic E-state index is 11.4. The molecule has 0 fully saturated rings. The van der Waals surface area contributed by atoms with E-state index in [9.17, 15) is 9.90 Å². The van der Waals surface area contributed by atoms with Gasteiger partial charge in [0.05, 0.1) is 11.6 Å². The first-order valence-electron chi connectivity index (χ1n) is 6.21. The van der Waals surface area contributed by atoms with Gasteiger partial charge in [0, 0.05) is 18.3 Å². The number of nitrogens with zero attached hydrogens (tertiary/aromatic N) is 4. The van der Waals surface area contributed by atoms with Crippen LogP contribution in [0.2, 0.25) is 0 Å². The summed E-state index contributed by atoms with van der Waals surface area (Å²) in [5.74, 6) is 0.332. The average Bonchev–Trinajstić information content (AvgIpc) is 2.88. The SMILES string of the molecule is Cc1nc(C(C)C)nc(SCn2cccn2)c1C(=O)O. The van der Waals surface area contributed by atoms with Crippen LogP contribution >= 0.6 is 11.8 Å². The van der Waals surface area contributed by atoms with Gasteiger partial charge in [-0.05, 0) is 13.0 Å². The third-order valence-electron chi connectivity index (χ3n) is 2.70. The molecule has 0 aromatic carbocycles. The first-order chi connectivity index (χ1) is 9.49. The highest BCUT2D eigenvalue weighted by Crippen LogP contribution is 2.25. The summed E-state index contributed by atoms with van der Waals surface area (Å²) in [5, 5.41) is 13.9. The van der Waals surface area contributed by atoms with Crippen molar-refractivity contribution >= 4 is 17.7 Å². The number of aromatic carboxylic acids is 1. The molecule has 0 radical (unpaired) electrons. The normalized spacial score (nSPS) is 11.0. The second-order valence-corrected chi connectivity index (χ2v) is 5.56. The Hall–Kier alpha value is -1.89. The van der Waals surface area contributed by atoms with Gasteiger partial charge in [0.2, 0.25) is 0 Å². The van der Waals surface area contributed by atoms with Crippen molar-refractivity contribution in [2.45, 2.75) is 37.6 Å². The van der Waals surface area contributed by atoms with E-state index in [0.717, 1.165) is 0 Å². The predicted octanol–water partition coefficient (Wildman–Crippen LogP) is 2.55. The van der Waals surface area contributed by atoms with Crippen molar-refractivity contribution in [3.63, 3.8) is 0 Å². The average molecular weight is 292 g/mol. The molecule has 0 amide bonds. The minimum absolute atomic E-state index is 0.153. The van der Waals surface area contributed by atoms with Crippen LogP contribution in [0.3, 0.4) is 0 Å². The molecule has 0 unspecified atom stereocenters. The Balaban J connectivity index is 2.34. The van der Waals surface area contributed by atoms with Gasteiger partial charge in [-0.15, -0.1) is 0 Å². The fraction of sp³-hybridized carbons (Fsp3) is 0.385.